The Morgan fingerprint density at radius 2 is 1.79 bits per heavy atom. The van der Waals surface area contributed by atoms with Gasteiger partial charge >= 0.3 is 0 Å². The molecule has 0 fully saturated rings. The Morgan fingerprint density at radius 1 is 1.05 bits per heavy atom. The standard InChI is InChI=1S/C15H20N4/c1-3-19(11-14-8-4-6-12(2)17-14)15-9-5-7-13(10-16)18-15/h4-9H,3,10-11,16H2,1-2H3. The number of aromatic nitrogens is 2. The van der Waals surface area contributed by atoms with E-state index >= 15 is 0 Å². The number of aryl methyl sites for hydroxylation is 1. The molecule has 2 heterocycles. The van der Waals surface area contributed by atoms with Crippen molar-refractivity contribution in [3.05, 3.63) is 53.5 Å². The molecule has 0 bridgehead atoms. The summed E-state index contributed by atoms with van der Waals surface area (Å²) in [5, 5.41) is 0. The normalized spacial score (nSPS) is 10.5. The quantitative estimate of drug-likeness (QED) is 0.891. The van der Waals surface area contributed by atoms with Crippen LogP contribution in [-0.4, -0.2) is 16.5 Å². The predicted molar refractivity (Wildman–Crippen MR) is 77.8 cm³/mol. The summed E-state index contributed by atoms with van der Waals surface area (Å²) >= 11 is 0. The van der Waals surface area contributed by atoms with Gasteiger partial charge in [-0.2, -0.15) is 0 Å². The zero-order valence-corrected chi connectivity index (χ0v) is 11.5. The summed E-state index contributed by atoms with van der Waals surface area (Å²) in [4.78, 5) is 11.3. The van der Waals surface area contributed by atoms with Crippen LogP contribution >= 0.6 is 0 Å². The maximum absolute atomic E-state index is 5.64. The van der Waals surface area contributed by atoms with Crippen molar-refractivity contribution in [1.82, 2.24) is 9.97 Å². The molecule has 4 heteroatoms. The van der Waals surface area contributed by atoms with Crippen LogP contribution in [0, 0.1) is 6.92 Å². The van der Waals surface area contributed by atoms with E-state index in [0.717, 1.165) is 36.0 Å². The molecule has 19 heavy (non-hydrogen) atoms. The topological polar surface area (TPSA) is 55.0 Å². The third-order valence-corrected chi connectivity index (χ3v) is 3.01. The first kappa shape index (κ1) is 13.5. The van der Waals surface area contributed by atoms with Crippen LogP contribution in [0.2, 0.25) is 0 Å². The molecule has 2 N–H and O–H groups in total. The molecule has 2 aromatic rings. The Hall–Kier alpha value is -1.94. The first-order chi connectivity index (χ1) is 9.22. The molecule has 0 atom stereocenters. The van der Waals surface area contributed by atoms with Crippen LogP contribution in [0.5, 0.6) is 0 Å². The highest BCUT2D eigenvalue weighted by Gasteiger charge is 2.08. The monoisotopic (exact) mass is 256 g/mol. The smallest absolute Gasteiger partial charge is 0.129 e. The summed E-state index contributed by atoms with van der Waals surface area (Å²) in [5.41, 5.74) is 8.65. The van der Waals surface area contributed by atoms with Gasteiger partial charge in [-0.05, 0) is 38.1 Å². The van der Waals surface area contributed by atoms with E-state index in [1.165, 1.54) is 0 Å². The van der Waals surface area contributed by atoms with Crippen LogP contribution in [0.15, 0.2) is 36.4 Å². The van der Waals surface area contributed by atoms with Crippen molar-refractivity contribution in [3.8, 4) is 0 Å². The SMILES string of the molecule is CCN(Cc1cccc(C)n1)c1cccc(CN)n1. The zero-order valence-electron chi connectivity index (χ0n) is 11.5. The minimum Gasteiger partial charge on any atom is -0.351 e. The fraction of sp³-hybridized carbons (Fsp3) is 0.333. The second-order valence-electron chi connectivity index (χ2n) is 4.48. The second kappa shape index (κ2) is 6.29. The summed E-state index contributed by atoms with van der Waals surface area (Å²) in [6.45, 7) is 6.24. The largest absolute Gasteiger partial charge is 0.351 e. The fourth-order valence-electron chi connectivity index (χ4n) is 1.99. The Bertz CT molecular complexity index is 539. The first-order valence-corrected chi connectivity index (χ1v) is 6.56. The third kappa shape index (κ3) is 3.51. The summed E-state index contributed by atoms with van der Waals surface area (Å²) < 4.78 is 0. The van der Waals surface area contributed by atoms with Gasteiger partial charge in [-0.15, -0.1) is 0 Å². The lowest BCUT2D eigenvalue weighted by atomic mass is 10.3. The van der Waals surface area contributed by atoms with Gasteiger partial charge in [-0.25, -0.2) is 4.98 Å². The number of pyridine rings is 2. The van der Waals surface area contributed by atoms with Gasteiger partial charge in [-0.1, -0.05) is 12.1 Å². The van der Waals surface area contributed by atoms with E-state index in [1.807, 2.05) is 43.3 Å². The molecule has 0 spiro atoms. The van der Waals surface area contributed by atoms with E-state index in [2.05, 4.69) is 21.8 Å². The molecule has 0 radical (unpaired) electrons. The Balaban J connectivity index is 2.19. The van der Waals surface area contributed by atoms with E-state index in [4.69, 9.17) is 5.73 Å². The second-order valence-corrected chi connectivity index (χ2v) is 4.48. The van der Waals surface area contributed by atoms with Crippen LogP contribution in [0.25, 0.3) is 0 Å². The van der Waals surface area contributed by atoms with Crippen LogP contribution in [-0.2, 0) is 13.1 Å². The molecule has 0 saturated heterocycles. The summed E-state index contributed by atoms with van der Waals surface area (Å²) in [6.07, 6.45) is 0. The molecule has 2 rings (SSSR count). The molecular formula is C15H20N4. The van der Waals surface area contributed by atoms with E-state index < -0.39 is 0 Å². The van der Waals surface area contributed by atoms with Gasteiger partial charge in [0, 0.05) is 18.8 Å². The molecule has 0 aliphatic rings. The Kier molecular flexibility index (Phi) is 4.47. The van der Waals surface area contributed by atoms with Gasteiger partial charge in [0.25, 0.3) is 0 Å². The lowest BCUT2D eigenvalue weighted by Gasteiger charge is -2.22. The number of rotatable bonds is 5. The van der Waals surface area contributed by atoms with Crippen molar-refractivity contribution in [2.24, 2.45) is 5.73 Å². The number of nitrogens with two attached hydrogens (primary N) is 1. The predicted octanol–water partition coefficient (Wildman–Crippen LogP) is 2.27. The molecule has 2 aromatic heterocycles. The van der Waals surface area contributed by atoms with E-state index in [-0.39, 0.29) is 0 Å². The molecule has 0 aliphatic heterocycles. The Labute approximate surface area is 114 Å². The summed E-state index contributed by atoms with van der Waals surface area (Å²) in [7, 11) is 0. The van der Waals surface area contributed by atoms with Gasteiger partial charge < -0.3 is 10.6 Å². The number of anilines is 1. The lowest BCUT2D eigenvalue weighted by Crippen LogP contribution is -2.24. The average molecular weight is 256 g/mol. The molecule has 0 amide bonds. The molecule has 0 unspecified atom stereocenters. The van der Waals surface area contributed by atoms with Gasteiger partial charge in [0.15, 0.2) is 0 Å². The van der Waals surface area contributed by atoms with Gasteiger partial charge in [0.05, 0.1) is 17.9 Å². The third-order valence-electron chi connectivity index (χ3n) is 3.01. The van der Waals surface area contributed by atoms with Crippen molar-refractivity contribution in [2.75, 3.05) is 11.4 Å². The molecule has 100 valence electrons. The minimum absolute atomic E-state index is 0.466. The Morgan fingerprint density at radius 3 is 2.47 bits per heavy atom. The highest BCUT2D eigenvalue weighted by atomic mass is 15.2. The zero-order chi connectivity index (χ0) is 13.7. The van der Waals surface area contributed by atoms with Crippen molar-refractivity contribution < 1.29 is 0 Å². The lowest BCUT2D eigenvalue weighted by molar-refractivity contribution is 0.784. The van der Waals surface area contributed by atoms with E-state index in [9.17, 15) is 0 Å². The van der Waals surface area contributed by atoms with Gasteiger partial charge in [0.1, 0.15) is 5.82 Å². The molecule has 4 nitrogen and oxygen atoms in total. The van der Waals surface area contributed by atoms with Crippen LogP contribution < -0.4 is 10.6 Å². The molecule has 0 aromatic carbocycles. The first-order valence-electron chi connectivity index (χ1n) is 6.56. The molecular weight excluding hydrogens is 236 g/mol. The van der Waals surface area contributed by atoms with Crippen molar-refractivity contribution in [3.63, 3.8) is 0 Å². The maximum Gasteiger partial charge on any atom is 0.129 e. The van der Waals surface area contributed by atoms with E-state index in [1.54, 1.807) is 0 Å². The minimum atomic E-state index is 0.466. The van der Waals surface area contributed by atoms with Crippen molar-refractivity contribution >= 4 is 5.82 Å². The molecule has 0 aliphatic carbocycles. The highest BCUT2D eigenvalue weighted by molar-refractivity contribution is 5.39. The highest BCUT2D eigenvalue weighted by Crippen LogP contribution is 2.14. The average Bonchev–Trinajstić information content (AvgIpc) is 2.45. The van der Waals surface area contributed by atoms with Crippen molar-refractivity contribution in [1.29, 1.82) is 0 Å². The van der Waals surface area contributed by atoms with E-state index in [0.29, 0.717) is 6.54 Å². The maximum atomic E-state index is 5.64. The van der Waals surface area contributed by atoms with Gasteiger partial charge in [0.2, 0.25) is 0 Å². The summed E-state index contributed by atoms with van der Waals surface area (Å²) in [5.74, 6) is 0.953. The van der Waals surface area contributed by atoms with Crippen LogP contribution in [0.4, 0.5) is 5.82 Å². The number of hydrogen-bond acceptors (Lipinski definition) is 4. The van der Waals surface area contributed by atoms with Crippen LogP contribution in [0.1, 0.15) is 24.0 Å². The fourth-order valence-corrected chi connectivity index (χ4v) is 1.99. The number of hydrogen-bond donors (Lipinski definition) is 1. The van der Waals surface area contributed by atoms with Crippen molar-refractivity contribution in [2.45, 2.75) is 26.9 Å². The molecule has 0 saturated carbocycles. The van der Waals surface area contributed by atoms with Gasteiger partial charge in [-0.3, -0.25) is 4.98 Å². The van der Waals surface area contributed by atoms with Crippen LogP contribution in [0.3, 0.4) is 0 Å². The summed E-state index contributed by atoms with van der Waals surface area (Å²) in [6, 6.07) is 12.0. The number of nitrogens with zero attached hydrogens (tertiary/aromatic N) is 3.